The number of nitrogens with zero attached hydrogens (tertiary/aromatic N) is 2. The Hall–Kier alpha value is -2.62. The lowest BCUT2D eigenvalue weighted by molar-refractivity contribution is 0.0337. The van der Waals surface area contributed by atoms with Gasteiger partial charge in [-0.15, -0.1) is 0 Å². The Morgan fingerprint density at radius 3 is 2.58 bits per heavy atom. The first-order chi connectivity index (χ1) is 12.3. The number of benzene rings is 2. The first-order valence-electron chi connectivity index (χ1n) is 8.95. The summed E-state index contributed by atoms with van der Waals surface area (Å²) in [4.78, 5) is 19.1. The molecule has 2 aromatic carbocycles. The average Bonchev–Trinajstić information content (AvgIpc) is 2.62. The number of carbonyl (C=O) groups is 1. The molecule has 0 aromatic heterocycles. The highest BCUT2D eigenvalue weighted by atomic mass is 16.5. The summed E-state index contributed by atoms with van der Waals surface area (Å²) in [6.07, 6.45) is 1.51. The molecule has 138 valence electrons. The van der Waals surface area contributed by atoms with Crippen molar-refractivity contribution in [3.63, 3.8) is 0 Å². The van der Waals surface area contributed by atoms with Crippen LogP contribution in [0, 0.1) is 20.8 Å². The highest BCUT2D eigenvalue weighted by molar-refractivity contribution is 5.92. The van der Waals surface area contributed by atoms with Crippen LogP contribution >= 0.6 is 0 Å². The molecule has 2 aromatic rings. The van der Waals surface area contributed by atoms with E-state index in [0.29, 0.717) is 5.56 Å². The van der Waals surface area contributed by atoms with Crippen molar-refractivity contribution in [3.8, 4) is 0 Å². The number of carbonyl (C=O) groups excluding carboxylic acids is 1. The average molecular weight is 352 g/mol. The van der Waals surface area contributed by atoms with E-state index in [0.717, 1.165) is 34.5 Å². The van der Waals surface area contributed by atoms with Gasteiger partial charge in [0.05, 0.1) is 17.6 Å². The van der Waals surface area contributed by atoms with Crippen LogP contribution in [0.5, 0.6) is 0 Å². The van der Waals surface area contributed by atoms with E-state index in [1.807, 2.05) is 70.0 Å². The zero-order valence-corrected chi connectivity index (χ0v) is 16.5. The zero-order valence-electron chi connectivity index (χ0n) is 16.5. The zero-order chi connectivity index (χ0) is 19.3. The van der Waals surface area contributed by atoms with Gasteiger partial charge in [0, 0.05) is 13.6 Å². The second-order valence-electron chi connectivity index (χ2n) is 6.66. The van der Waals surface area contributed by atoms with E-state index >= 15 is 0 Å². The van der Waals surface area contributed by atoms with Crippen molar-refractivity contribution in [2.45, 2.75) is 40.7 Å². The lowest BCUT2D eigenvalue weighted by Gasteiger charge is -2.16. The molecule has 4 nitrogen and oxygen atoms in total. The van der Waals surface area contributed by atoms with Crippen LogP contribution < -0.4 is 0 Å². The molecule has 0 aliphatic carbocycles. The van der Waals surface area contributed by atoms with E-state index in [1.165, 1.54) is 0 Å². The van der Waals surface area contributed by atoms with Gasteiger partial charge in [-0.1, -0.05) is 29.8 Å². The first-order valence-corrected chi connectivity index (χ1v) is 8.95. The summed E-state index contributed by atoms with van der Waals surface area (Å²) >= 11 is 0. The summed E-state index contributed by atoms with van der Waals surface area (Å²) < 4.78 is 5.68. The third-order valence-corrected chi connectivity index (χ3v) is 4.67. The molecule has 0 aliphatic heterocycles. The number of ether oxygens (including phenoxy) is 1. The molecule has 1 atom stereocenters. The summed E-state index contributed by atoms with van der Waals surface area (Å²) in [7, 11) is 1.98. The molecular formula is C22H28N2O2. The van der Waals surface area contributed by atoms with Gasteiger partial charge in [0.1, 0.15) is 6.10 Å². The van der Waals surface area contributed by atoms with Crippen LogP contribution in [0.3, 0.4) is 0 Å². The van der Waals surface area contributed by atoms with Crippen LogP contribution in [0.15, 0.2) is 41.4 Å². The van der Waals surface area contributed by atoms with Crippen molar-refractivity contribution >= 4 is 18.0 Å². The second kappa shape index (κ2) is 8.65. The Morgan fingerprint density at radius 1 is 1.19 bits per heavy atom. The molecular weight excluding hydrogens is 324 g/mol. The smallest absolute Gasteiger partial charge is 0.339 e. The summed E-state index contributed by atoms with van der Waals surface area (Å²) in [5.41, 5.74) is 5.49. The van der Waals surface area contributed by atoms with Crippen LogP contribution in [-0.2, 0) is 4.74 Å². The molecule has 0 aliphatic rings. The molecule has 0 amide bonds. The second-order valence-corrected chi connectivity index (χ2v) is 6.66. The maximum atomic E-state index is 12.6. The van der Waals surface area contributed by atoms with E-state index in [-0.39, 0.29) is 12.1 Å². The Bertz CT molecular complexity index is 812. The van der Waals surface area contributed by atoms with Gasteiger partial charge in [-0.05, 0) is 63.4 Å². The monoisotopic (exact) mass is 352 g/mol. The van der Waals surface area contributed by atoms with Crippen LogP contribution in [0.4, 0.5) is 5.69 Å². The molecule has 0 heterocycles. The van der Waals surface area contributed by atoms with E-state index in [4.69, 9.17) is 4.74 Å². The third-order valence-electron chi connectivity index (χ3n) is 4.67. The third kappa shape index (κ3) is 4.72. The maximum absolute atomic E-state index is 12.6. The molecule has 0 bridgehead atoms. The van der Waals surface area contributed by atoms with Gasteiger partial charge in [-0.25, -0.2) is 9.79 Å². The number of aliphatic imine (C=N–C) groups is 1. The van der Waals surface area contributed by atoms with Crippen molar-refractivity contribution in [2.75, 3.05) is 13.6 Å². The highest BCUT2D eigenvalue weighted by Gasteiger charge is 2.17. The molecule has 4 heteroatoms. The number of aryl methyl sites for hydroxylation is 1. The molecule has 0 fully saturated rings. The molecule has 0 N–H and O–H groups in total. The number of esters is 1. The molecule has 1 unspecified atom stereocenters. The van der Waals surface area contributed by atoms with Crippen molar-refractivity contribution < 1.29 is 9.53 Å². The van der Waals surface area contributed by atoms with E-state index in [1.54, 1.807) is 12.4 Å². The van der Waals surface area contributed by atoms with Gasteiger partial charge in [-0.2, -0.15) is 0 Å². The minimum Gasteiger partial charge on any atom is -0.454 e. The molecule has 0 saturated heterocycles. The van der Waals surface area contributed by atoms with Crippen molar-refractivity contribution in [1.82, 2.24) is 4.90 Å². The summed E-state index contributed by atoms with van der Waals surface area (Å²) in [6, 6.07) is 11.7. The number of hydrogen-bond acceptors (Lipinski definition) is 3. The van der Waals surface area contributed by atoms with Crippen LogP contribution in [0.25, 0.3) is 0 Å². The van der Waals surface area contributed by atoms with Crippen LogP contribution in [0.1, 0.15) is 52.6 Å². The molecule has 26 heavy (non-hydrogen) atoms. The fourth-order valence-electron chi connectivity index (χ4n) is 2.62. The highest BCUT2D eigenvalue weighted by Crippen LogP contribution is 2.27. The van der Waals surface area contributed by atoms with Crippen molar-refractivity contribution in [1.29, 1.82) is 0 Å². The predicted molar refractivity (Wildman–Crippen MR) is 107 cm³/mol. The Balaban J connectivity index is 2.19. The fourth-order valence-corrected chi connectivity index (χ4v) is 2.62. The van der Waals surface area contributed by atoms with Gasteiger partial charge in [0.15, 0.2) is 0 Å². The topological polar surface area (TPSA) is 41.9 Å². The molecule has 0 spiro atoms. The largest absolute Gasteiger partial charge is 0.454 e. The SMILES string of the molecule is CCN(C)/C=N/c1ccc(C(=O)OC(C)c2cccc(C)c2)c(C)c1C. The summed E-state index contributed by atoms with van der Waals surface area (Å²) in [5.74, 6) is -0.305. The Labute approximate surface area is 156 Å². The van der Waals surface area contributed by atoms with Gasteiger partial charge in [0.2, 0.25) is 0 Å². The quantitative estimate of drug-likeness (QED) is 0.410. The van der Waals surface area contributed by atoms with E-state index < -0.39 is 0 Å². The van der Waals surface area contributed by atoms with Crippen LogP contribution in [-0.4, -0.2) is 30.8 Å². The molecule has 0 saturated carbocycles. The Morgan fingerprint density at radius 2 is 1.92 bits per heavy atom. The minimum atomic E-state index is -0.305. The fraction of sp³-hybridized carbons (Fsp3) is 0.364. The van der Waals surface area contributed by atoms with Crippen molar-refractivity contribution in [2.24, 2.45) is 4.99 Å². The summed E-state index contributed by atoms with van der Waals surface area (Å²) in [6.45, 7) is 10.8. The normalized spacial score (nSPS) is 12.2. The first kappa shape index (κ1) is 19.7. The number of hydrogen-bond donors (Lipinski definition) is 0. The minimum absolute atomic E-state index is 0.294. The van der Waals surface area contributed by atoms with Crippen molar-refractivity contribution in [3.05, 3.63) is 64.2 Å². The van der Waals surface area contributed by atoms with E-state index in [9.17, 15) is 4.79 Å². The molecule has 0 radical (unpaired) electrons. The lowest BCUT2D eigenvalue weighted by atomic mass is 10.0. The number of rotatable bonds is 6. The molecule has 2 rings (SSSR count). The maximum Gasteiger partial charge on any atom is 0.339 e. The van der Waals surface area contributed by atoms with Gasteiger partial charge in [-0.3, -0.25) is 0 Å². The predicted octanol–water partition coefficient (Wildman–Crippen LogP) is 5.14. The van der Waals surface area contributed by atoms with E-state index in [2.05, 4.69) is 11.9 Å². The van der Waals surface area contributed by atoms with Gasteiger partial charge < -0.3 is 9.64 Å². The lowest BCUT2D eigenvalue weighted by Crippen LogP contribution is -2.14. The standard InChI is InChI=1S/C22H28N2O2/c1-7-24(6)14-23-21-12-11-20(16(3)17(21)4)22(25)26-18(5)19-10-8-9-15(2)13-19/h8-14,18H,7H2,1-6H3/b23-14+. The Kier molecular flexibility index (Phi) is 6.56. The summed E-state index contributed by atoms with van der Waals surface area (Å²) in [5, 5.41) is 0. The van der Waals surface area contributed by atoms with Gasteiger partial charge >= 0.3 is 5.97 Å². The van der Waals surface area contributed by atoms with Crippen LogP contribution in [0.2, 0.25) is 0 Å². The van der Waals surface area contributed by atoms with Gasteiger partial charge in [0.25, 0.3) is 0 Å².